The van der Waals surface area contributed by atoms with Crippen LogP contribution in [0.1, 0.15) is 18.4 Å². The number of piperidine rings is 1. The SMILES string of the molecule is COC(=O)NN=C1CC[NH+](Cc2ccccc2)CC1. The van der Waals surface area contributed by atoms with Crippen molar-refractivity contribution in [3.05, 3.63) is 35.9 Å². The molecule has 1 aromatic rings. The van der Waals surface area contributed by atoms with Crippen molar-refractivity contribution >= 4 is 11.8 Å². The lowest BCUT2D eigenvalue weighted by atomic mass is 10.1. The molecule has 1 aliphatic rings. The van der Waals surface area contributed by atoms with Gasteiger partial charge in [-0.25, -0.2) is 10.2 Å². The Morgan fingerprint density at radius 3 is 2.63 bits per heavy atom. The van der Waals surface area contributed by atoms with Crippen LogP contribution in [-0.4, -0.2) is 32.0 Å². The zero-order chi connectivity index (χ0) is 13.5. The molecule has 19 heavy (non-hydrogen) atoms. The van der Waals surface area contributed by atoms with E-state index in [1.54, 1.807) is 4.90 Å². The van der Waals surface area contributed by atoms with E-state index in [0.29, 0.717) is 0 Å². The van der Waals surface area contributed by atoms with Gasteiger partial charge in [0.15, 0.2) is 0 Å². The van der Waals surface area contributed by atoms with E-state index in [1.807, 2.05) is 6.07 Å². The van der Waals surface area contributed by atoms with Crippen LogP contribution < -0.4 is 10.3 Å². The van der Waals surface area contributed by atoms with Gasteiger partial charge in [0, 0.05) is 24.1 Å². The number of nitrogens with one attached hydrogen (secondary N) is 2. The van der Waals surface area contributed by atoms with Crippen LogP contribution >= 0.6 is 0 Å². The second kappa shape index (κ2) is 6.89. The number of ether oxygens (including phenoxy) is 1. The van der Waals surface area contributed by atoms with Gasteiger partial charge in [-0.1, -0.05) is 30.3 Å². The normalized spacial score (nSPS) is 18.8. The molecule has 0 saturated carbocycles. The lowest BCUT2D eigenvalue weighted by Gasteiger charge is -2.24. The molecule has 0 atom stereocenters. The van der Waals surface area contributed by atoms with E-state index in [9.17, 15) is 4.79 Å². The van der Waals surface area contributed by atoms with E-state index in [4.69, 9.17) is 0 Å². The number of rotatable bonds is 3. The number of hydrogen-bond donors (Lipinski definition) is 2. The van der Waals surface area contributed by atoms with Crippen LogP contribution in [0.15, 0.2) is 35.4 Å². The third kappa shape index (κ3) is 4.37. The fourth-order valence-corrected chi connectivity index (χ4v) is 2.24. The molecule has 1 heterocycles. The van der Waals surface area contributed by atoms with E-state index < -0.39 is 6.09 Å². The Kier molecular flexibility index (Phi) is 4.92. The molecule has 1 aromatic carbocycles. The summed E-state index contributed by atoms with van der Waals surface area (Å²) in [6.07, 6.45) is 1.34. The molecule has 0 spiro atoms. The van der Waals surface area contributed by atoms with Gasteiger partial charge in [-0.05, 0) is 0 Å². The number of nitrogens with zero attached hydrogens (tertiary/aromatic N) is 1. The summed E-state index contributed by atoms with van der Waals surface area (Å²) < 4.78 is 4.48. The molecular weight excluding hydrogens is 242 g/mol. The van der Waals surface area contributed by atoms with Gasteiger partial charge >= 0.3 is 6.09 Å². The molecule has 2 rings (SSSR count). The minimum Gasteiger partial charge on any atom is -0.452 e. The Morgan fingerprint density at radius 1 is 1.32 bits per heavy atom. The lowest BCUT2D eigenvalue weighted by molar-refractivity contribution is -0.914. The molecule has 5 heteroatoms. The first-order valence-corrected chi connectivity index (χ1v) is 6.55. The van der Waals surface area contributed by atoms with Crippen molar-refractivity contribution in [1.29, 1.82) is 0 Å². The predicted octanol–water partition coefficient (Wildman–Crippen LogP) is 0.577. The maximum Gasteiger partial charge on any atom is 0.427 e. The van der Waals surface area contributed by atoms with E-state index in [2.05, 4.69) is 39.5 Å². The highest BCUT2D eigenvalue weighted by Gasteiger charge is 2.18. The summed E-state index contributed by atoms with van der Waals surface area (Å²) in [6, 6.07) is 10.5. The van der Waals surface area contributed by atoms with Crippen LogP contribution in [0.25, 0.3) is 0 Å². The largest absolute Gasteiger partial charge is 0.452 e. The third-order valence-electron chi connectivity index (χ3n) is 3.32. The number of hydrogen-bond acceptors (Lipinski definition) is 3. The highest BCUT2D eigenvalue weighted by molar-refractivity contribution is 5.85. The molecule has 1 aliphatic heterocycles. The van der Waals surface area contributed by atoms with Crippen molar-refractivity contribution in [3.63, 3.8) is 0 Å². The fourth-order valence-electron chi connectivity index (χ4n) is 2.24. The Labute approximate surface area is 113 Å². The predicted molar refractivity (Wildman–Crippen MR) is 73.1 cm³/mol. The quantitative estimate of drug-likeness (QED) is 0.783. The fraction of sp³-hybridized carbons (Fsp3) is 0.429. The molecule has 0 aromatic heterocycles. The van der Waals surface area contributed by atoms with Crippen molar-refractivity contribution in [2.45, 2.75) is 19.4 Å². The second-order valence-electron chi connectivity index (χ2n) is 4.69. The summed E-state index contributed by atoms with van der Waals surface area (Å²) >= 11 is 0. The Hall–Kier alpha value is -1.88. The number of quaternary nitrogens is 1. The van der Waals surface area contributed by atoms with Crippen molar-refractivity contribution < 1.29 is 14.4 Å². The van der Waals surface area contributed by atoms with Gasteiger partial charge in [0.1, 0.15) is 6.54 Å². The van der Waals surface area contributed by atoms with Gasteiger partial charge in [-0.3, -0.25) is 0 Å². The first kappa shape index (κ1) is 13.5. The van der Waals surface area contributed by atoms with Crippen LogP contribution in [-0.2, 0) is 11.3 Å². The standard InChI is InChI=1S/C14H19N3O2/c1-19-14(18)16-15-13-7-9-17(10-8-13)11-12-5-3-2-4-6-12/h2-6H,7-11H2,1H3,(H,16,18)/p+1. The molecule has 102 valence electrons. The first-order chi connectivity index (χ1) is 9.28. The Morgan fingerprint density at radius 2 is 2.00 bits per heavy atom. The molecule has 1 amide bonds. The highest BCUT2D eigenvalue weighted by Crippen LogP contribution is 1.98. The summed E-state index contributed by atoms with van der Waals surface area (Å²) in [5.41, 5.74) is 4.79. The average molecular weight is 262 g/mol. The summed E-state index contributed by atoms with van der Waals surface area (Å²) in [4.78, 5) is 12.5. The van der Waals surface area contributed by atoms with Gasteiger partial charge < -0.3 is 9.64 Å². The monoisotopic (exact) mass is 262 g/mol. The molecular formula is C14H20N3O2+. The van der Waals surface area contributed by atoms with Crippen LogP contribution in [0.2, 0.25) is 0 Å². The molecule has 0 bridgehead atoms. The molecule has 1 saturated heterocycles. The first-order valence-electron chi connectivity index (χ1n) is 6.55. The maximum atomic E-state index is 10.9. The highest BCUT2D eigenvalue weighted by atomic mass is 16.5. The van der Waals surface area contributed by atoms with E-state index in [-0.39, 0.29) is 0 Å². The number of amides is 1. The minimum absolute atomic E-state index is 0.508. The zero-order valence-electron chi connectivity index (χ0n) is 11.2. The number of carbonyl (C=O) groups is 1. The number of methoxy groups -OCH3 is 1. The molecule has 0 radical (unpaired) electrons. The van der Waals surface area contributed by atoms with Gasteiger partial charge in [0.2, 0.25) is 0 Å². The van der Waals surface area contributed by atoms with Crippen LogP contribution in [0.3, 0.4) is 0 Å². The smallest absolute Gasteiger partial charge is 0.427 e. The molecule has 2 N–H and O–H groups in total. The second-order valence-corrected chi connectivity index (χ2v) is 4.69. The van der Waals surface area contributed by atoms with Gasteiger partial charge in [-0.15, -0.1) is 0 Å². The number of benzene rings is 1. The summed E-state index contributed by atoms with van der Waals surface area (Å²) in [5.74, 6) is 0. The summed E-state index contributed by atoms with van der Waals surface area (Å²) in [6.45, 7) is 3.16. The zero-order valence-corrected chi connectivity index (χ0v) is 11.2. The summed E-state index contributed by atoms with van der Waals surface area (Å²) in [5, 5.41) is 4.07. The van der Waals surface area contributed by atoms with E-state index >= 15 is 0 Å². The van der Waals surface area contributed by atoms with E-state index in [1.165, 1.54) is 12.7 Å². The summed E-state index contributed by atoms with van der Waals surface area (Å²) in [7, 11) is 1.34. The van der Waals surface area contributed by atoms with Gasteiger partial charge in [0.25, 0.3) is 0 Å². The van der Waals surface area contributed by atoms with Gasteiger partial charge in [-0.2, -0.15) is 5.10 Å². The average Bonchev–Trinajstić information content (AvgIpc) is 2.47. The molecule has 5 nitrogen and oxygen atoms in total. The molecule has 0 aliphatic carbocycles. The van der Waals surface area contributed by atoms with Crippen molar-refractivity contribution in [3.8, 4) is 0 Å². The Balaban J connectivity index is 1.78. The van der Waals surface area contributed by atoms with Crippen molar-refractivity contribution in [2.24, 2.45) is 5.10 Å². The topological polar surface area (TPSA) is 55.1 Å². The van der Waals surface area contributed by atoms with Crippen LogP contribution in [0.5, 0.6) is 0 Å². The van der Waals surface area contributed by atoms with E-state index in [0.717, 1.165) is 38.2 Å². The van der Waals surface area contributed by atoms with Crippen molar-refractivity contribution in [2.75, 3.05) is 20.2 Å². The van der Waals surface area contributed by atoms with Crippen LogP contribution in [0, 0.1) is 0 Å². The number of carbonyl (C=O) groups excluding carboxylic acids is 1. The maximum absolute atomic E-state index is 10.9. The number of likely N-dealkylation sites (tertiary alicyclic amines) is 1. The molecule has 1 fully saturated rings. The molecule has 0 unspecified atom stereocenters. The number of hydrazone groups is 1. The van der Waals surface area contributed by atoms with Gasteiger partial charge in [0.05, 0.1) is 20.2 Å². The lowest BCUT2D eigenvalue weighted by Crippen LogP contribution is -3.11. The third-order valence-corrected chi connectivity index (χ3v) is 3.32. The minimum atomic E-state index is -0.508. The van der Waals surface area contributed by atoms with Crippen molar-refractivity contribution in [1.82, 2.24) is 5.43 Å². The van der Waals surface area contributed by atoms with Crippen LogP contribution in [0.4, 0.5) is 4.79 Å². The Bertz CT molecular complexity index is 435.